The molecule has 0 bridgehead atoms. The third-order valence-electron chi connectivity index (χ3n) is 5.06. The third kappa shape index (κ3) is 4.52. The van der Waals surface area contributed by atoms with Crippen molar-refractivity contribution in [1.82, 2.24) is 14.7 Å². The Kier molecular flexibility index (Phi) is 5.81. The van der Waals surface area contributed by atoms with Crippen LogP contribution in [0.4, 0.5) is 10.2 Å². The first-order valence-electron chi connectivity index (χ1n) is 9.63. The number of carbonyl (C=O) groups excluding carboxylic acids is 1. The molecule has 1 amide bonds. The lowest BCUT2D eigenvalue weighted by atomic mass is 10.1. The zero-order valence-corrected chi connectivity index (χ0v) is 16.9. The molecule has 0 N–H and O–H groups in total. The molecule has 6 nitrogen and oxygen atoms in total. The Balaban J connectivity index is 1.43. The van der Waals surface area contributed by atoms with Gasteiger partial charge in [-0.05, 0) is 42.0 Å². The van der Waals surface area contributed by atoms with Crippen molar-refractivity contribution in [2.45, 2.75) is 6.42 Å². The smallest absolute Gasteiger partial charge is 0.271 e. The Bertz CT molecular complexity index is 1110. The fourth-order valence-corrected chi connectivity index (χ4v) is 3.62. The minimum Gasteiger partial charge on any atom is -0.352 e. The predicted molar refractivity (Wildman–Crippen MR) is 114 cm³/mol. The van der Waals surface area contributed by atoms with Crippen molar-refractivity contribution in [3.05, 3.63) is 87.4 Å². The summed E-state index contributed by atoms with van der Waals surface area (Å²) in [6, 6.07) is 16.1. The molecule has 1 saturated heterocycles. The number of aromatic nitrogens is 2. The summed E-state index contributed by atoms with van der Waals surface area (Å²) in [7, 11) is 0. The van der Waals surface area contributed by atoms with Crippen LogP contribution in [0.5, 0.6) is 0 Å². The van der Waals surface area contributed by atoms with Gasteiger partial charge < -0.3 is 9.80 Å². The third-order valence-corrected chi connectivity index (χ3v) is 5.30. The lowest BCUT2D eigenvalue weighted by molar-refractivity contribution is -0.130. The predicted octanol–water partition coefficient (Wildman–Crippen LogP) is 2.92. The molecule has 0 saturated carbocycles. The Labute approximate surface area is 178 Å². The molecule has 30 heavy (non-hydrogen) atoms. The number of piperazine rings is 1. The quantitative estimate of drug-likeness (QED) is 0.643. The monoisotopic (exact) mass is 426 g/mol. The average molecular weight is 427 g/mol. The van der Waals surface area contributed by atoms with Gasteiger partial charge in [-0.25, -0.2) is 4.39 Å². The van der Waals surface area contributed by atoms with Crippen LogP contribution in [-0.2, 0) is 11.2 Å². The maximum atomic E-state index is 13.0. The van der Waals surface area contributed by atoms with Crippen molar-refractivity contribution in [2.75, 3.05) is 31.1 Å². The molecular formula is C22H20ClFN4O2. The van der Waals surface area contributed by atoms with E-state index in [4.69, 9.17) is 11.6 Å². The van der Waals surface area contributed by atoms with Gasteiger partial charge in [-0.1, -0.05) is 29.8 Å². The first-order valence-corrected chi connectivity index (χ1v) is 10.0. The van der Waals surface area contributed by atoms with Gasteiger partial charge in [0, 0.05) is 37.3 Å². The highest BCUT2D eigenvalue weighted by Crippen LogP contribution is 2.16. The van der Waals surface area contributed by atoms with Crippen LogP contribution in [0.2, 0.25) is 5.02 Å². The normalized spacial score (nSPS) is 14.1. The zero-order valence-electron chi connectivity index (χ0n) is 16.2. The summed E-state index contributed by atoms with van der Waals surface area (Å²) in [5.74, 6) is 0.366. The van der Waals surface area contributed by atoms with Crippen LogP contribution in [0.15, 0.2) is 65.5 Å². The van der Waals surface area contributed by atoms with E-state index in [0.717, 1.165) is 5.56 Å². The molecule has 1 fully saturated rings. The van der Waals surface area contributed by atoms with Crippen LogP contribution in [0.3, 0.4) is 0 Å². The van der Waals surface area contributed by atoms with Crippen molar-refractivity contribution in [2.24, 2.45) is 0 Å². The second-order valence-electron chi connectivity index (χ2n) is 7.09. The lowest BCUT2D eigenvalue weighted by Gasteiger charge is -2.35. The Morgan fingerprint density at radius 2 is 1.73 bits per heavy atom. The SMILES string of the molecule is O=C(Cc1ccc(F)cc1)N1CCN(c2ccc(=O)n(-c3cccc(Cl)c3)n2)CC1. The number of rotatable bonds is 4. The molecule has 1 aromatic heterocycles. The molecule has 0 aliphatic carbocycles. The van der Waals surface area contributed by atoms with E-state index in [-0.39, 0.29) is 23.7 Å². The topological polar surface area (TPSA) is 58.4 Å². The minimum absolute atomic E-state index is 0.0121. The maximum absolute atomic E-state index is 13.0. The van der Waals surface area contributed by atoms with Gasteiger partial charge in [0.05, 0.1) is 12.1 Å². The molecule has 0 spiro atoms. The van der Waals surface area contributed by atoms with Gasteiger partial charge in [-0.2, -0.15) is 4.68 Å². The number of amides is 1. The van der Waals surface area contributed by atoms with Crippen LogP contribution in [0.1, 0.15) is 5.56 Å². The molecule has 2 heterocycles. The van der Waals surface area contributed by atoms with Gasteiger partial charge in [-0.15, -0.1) is 5.10 Å². The van der Waals surface area contributed by atoms with E-state index < -0.39 is 0 Å². The Morgan fingerprint density at radius 3 is 2.43 bits per heavy atom. The molecule has 0 radical (unpaired) electrons. The Hall–Kier alpha value is -3.19. The molecule has 0 atom stereocenters. The van der Waals surface area contributed by atoms with Crippen LogP contribution in [0.25, 0.3) is 5.69 Å². The number of benzene rings is 2. The number of anilines is 1. The minimum atomic E-state index is -0.313. The number of hydrogen-bond acceptors (Lipinski definition) is 4. The summed E-state index contributed by atoms with van der Waals surface area (Å²) in [6.07, 6.45) is 0.248. The highest BCUT2D eigenvalue weighted by atomic mass is 35.5. The lowest BCUT2D eigenvalue weighted by Crippen LogP contribution is -2.49. The van der Waals surface area contributed by atoms with E-state index >= 15 is 0 Å². The summed E-state index contributed by atoms with van der Waals surface area (Å²) in [4.78, 5) is 28.7. The van der Waals surface area contributed by atoms with E-state index in [2.05, 4.69) is 5.10 Å². The molecule has 8 heteroatoms. The van der Waals surface area contributed by atoms with Crippen LogP contribution < -0.4 is 10.5 Å². The molecule has 3 aromatic rings. The van der Waals surface area contributed by atoms with Crippen molar-refractivity contribution in [3.8, 4) is 5.69 Å². The first-order chi connectivity index (χ1) is 14.5. The summed E-state index contributed by atoms with van der Waals surface area (Å²) in [5, 5.41) is 5.01. The van der Waals surface area contributed by atoms with Gasteiger partial charge >= 0.3 is 0 Å². The fraction of sp³-hybridized carbons (Fsp3) is 0.227. The second-order valence-corrected chi connectivity index (χ2v) is 7.53. The number of hydrogen-bond donors (Lipinski definition) is 0. The van der Waals surface area contributed by atoms with Crippen LogP contribution in [-0.4, -0.2) is 46.8 Å². The zero-order chi connectivity index (χ0) is 21.1. The molecule has 4 rings (SSSR count). The number of halogens is 2. The number of nitrogens with zero attached hydrogens (tertiary/aromatic N) is 4. The molecular weight excluding hydrogens is 407 g/mol. The van der Waals surface area contributed by atoms with Crippen molar-refractivity contribution in [3.63, 3.8) is 0 Å². The average Bonchev–Trinajstić information content (AvgIpc) is 2.76. The standard InChI is InChI=1S/C22H20ClFN4O2/c23-17-2-1-3-19(15-17)28-21(29)9-8-20(25-28)26-10-12-27(13-11-26)22(30)14-16-4-6-18(24)7-5-16/h1-9,15H,10-14H2. The van der Waals surface area contributed by atoms with Crippen LogP contribution >= 0.6 is 11.6 Å². The van der Waals surface area contributed by atoms with Crippen LogP contribution in [0, 0.1) is 5.82 Å². The molecule has 0 unspecified atom stereocenters. The fourth-order valence-electron chi connectivity index (χ4n) is 3.44. The summed E-state index contributed by atoms with van der Waals surface area (Å²) >= 11 is 6.04. The summed E-state index contributed by atoms with van der Waals surface area (Å²) in [6.45, 7) is 2.32. The highest BCUT2D eigenvalue weighted by molar-refractivity contribution is 6.30. The molecule has 2 aromatic carbocycles. The van der Waals surface area contributed by atoms with Gasteiger partial charge in [0.2, 0.25) is 5.91 Å². The van der Waals surface area contributed by atoms with Crippen molar-refractivity contribution in [1.29, 1.82) is 0 Å². The summed E-state index contributed by atoms with van der Waals surface area (Å²) < 4.78 is 14.4. The van der Waals surface area contributed by atoms with Gasteiger partial charge in [0.15, 0.2) is 0 Å². The van der Waals surface area contributed by atoms with E-state index in [1.807, 2.05) is 4.90 Å². The second kappa shape index (κ2) is 8.67. The van der Waals surface area contributed by atoms with E-state index in [1.54, 1.807) is 47.4 Å². The van der Waals surface area contributed by atoms with Crippen molar-refractivity contribution < 1.29 is 9.18 Å². The van der Waals surface area contributed by atoms with E-state index in [0.29, 0.717) is 42.7 Å². The maximum Gasteiger partial charge on any atom is 0.271 e. The van der Waals surface area contributed by atoms with E-state index in [1.165, 1.54) is 22.9 Å². The van der Waals surface area contributed by atoms with Crippen molar-refractivity contribution >= 4 is 23.3 Å². The van der Waals surface area contributed by atoms with Gasteiger partial charge in [0.25, 0.3) is 5.56 Å². The largest absolute Gasteiger partial charge is 0.352 e. The van der Waals surface area contributed by atoms with Gasteiger partial charge in [0.1, 0.15) is 11.6 Å². The molecule has 154 valence electrons. The molecule has 1 aliphatic heterocycles. The summed E-state index contributed by atoms with van der Waals surface area (Å²) in [5.41, 5.74) is 1.15. The van der Waals surface area contributed by atoms with E-state index in [9.17, 15) is 14.0 Å². The molecule has 1 aliphatic rings. The Morgan fingerprint density at radius 1 is 1.00 bits per heavy atom. The highest BCUT2D eigenvalue weighted by Gasteiger charge is 2.22. The number of carbonyl (C=O) groups is 1. The first kappa shape index (κ1) is 20.1. The van der Waals surface area contributed by atoms with Gasteiger partial charge in [-0.3, -0.25) is 9.59 Å².